The fraction of sp³-hybridized carbons (Fsp3) is 0.867. The summed E-state index contributed by atoms with van der Waals surface area (Å²) in [4.78, 5) is 23.6. The van der Waals surface area contributed by atoms with Gasteiger partial charge in [-0.1, -0.05) is 0 Å². The Morgan fingerprint density at radius 1 is 1.05 bits per heavy atom. The van der Waals surface area contributed by atoms with E-state index in [-0.39, 0.29) is 17.8 Å². The number of esters is 1. The maximum Gasteiger partial charge on any atom is 0.310 e. The summed E-state index contributed by atoms with van der Waals surface area (Å²) in [5, 5.41) is 11.4. The van der Waals surface area contributed by atoms with Gasteiger partial charge in [0.05, 0.1) is 27.1 Å². The summed E-state index contributed by atoms with van der Waals surface area (Å²) in [6.07, 6.45) is 3.71. The van der Waals surface area contributed by atoms with Gasteiger partial charge in [-0.25, -0.2) is 0 Å². The van der Waals surface area contributed by atoms with Crippen molar-refractivity contribution in [3.05, 3.63) is 0 Å². The minimum Gasteiger partial charge on any atom is -0.550 e. The number of hydrogen-bond acceptors (Lipinski definition) is 4. The van der Waals surface area contributed by atoms with Crippen LogP contribution in [0.3, 0.4) is 0 Å². The third-order valence-corrected chi connectivity index (χ3v) is 4.77. The van der Waals surface area contributed by atoms with E-state index in [1.807, 2.05) is 21.1 Å². The van der Waals surface area contributed by atoms with Crippen LogP contribution in [0.5, 0.6) is 0 Å². The average molecular weight is 283 g/mol. The van der Waals surface area contributed by atoms with E-state index in [1.165, 1.54) is 0 Å². The van der Waals surface area contributed by atoms with Gasteiger partial charge in [-0.2, -0.15) is 0 Å². The number of likely N-dealkylation sites (N-methyl/N-ethyl adjacent to an activating group) is 1. The molecule has 0 aromatic heterocycles. The molecule has 0 heterocycles. The molecule has 3 fully saturated rings. The summed E-state index contributed by atoms with van der Waals surface area (Å²) in [6, 6.07) is 0. The second-order valence-electron chi connectivity index (χ2n) is 7.23. The molecule has 0 amide bonds. The number of nitrogens with zero attached hydrogens (tertiary/aromatic N) is 1. The lowest BCUT2D eigenvalue weighted by molar-refractivity contribution is -0.870. The third kappa shape index (κ3) is 3.32. The predicted molar refractivity (Wildman–Crippen MR) is 71.3 cm³/mol. The number of ether oxygens (including phenoxy) is 1. The van der Waals surface area contributed by atoms with Gasteiger partial charge >= 0.3 is 5.97 Å². The van der Waals surface area contributed by atoms with Crippen molar-refractivity contribution < 1.29 is 23.9 Å². The highest BCUT2D eigenvalue weighted by molar-refractivity contribution is 5.81. The van der Waals surface area contributed by atoms with Gasteiger partial charge in [0.25, 0.3) is 0 Å². The van der Waals surface area contributed by atoms with Crippen LogP contribution in [0, 0.1) is 23.7 Å². The standard InChI is InChI=1S/C15H25NO4/c1-16(2,3)8-9-20-15(19)13-11-6-4-10(5-7-11)12(13)14(17)18/h10-13H,4-9H2,1-3H3. The molecule has 3 rings (SSSR count). The maximum atomic E-state index is 12.3. The second kappa shape index (κ2) is 5.72. The van der Waals surface area contributed by atoms with E-state index in [9.17, 15) is 14.7 Å². The van der Waals surface area contributed by atoms with Crippen LogP contribution < -0.4 is 5.11 Å². The highest BCUT2D eigenvalue weighted by Gasteiger charge is 2.48. The molecule has 3 saturated carbocycles. The monoisotopic (exact) mass is 283 g/mol. The molecule has 0 saturated heterocycles. The van der Waals surface area contributed by atoms with E-state index in [2.05, 4.69) is 0 Å². The van der Waals surface area contributed by atoms with Crippen molar-refractivity contribution in [3.8, 4) is 0 Å². The molecule has 3 aliphatic rings. The van der Waals surface area contributed by atoms with E-state index in [0.29, 0.717) is 11.1 Å². The zero-order valence-electron chi connectivity index (χ0n) is 12.6. The zero-order valence-corrected chi connectivity index (χ0v) is 12.6. The summed E-state index contributed by atoms with van der Waals surface area (Å²) < 4.78 is 6.06. The maximum absolute atomic E-state index is 12.3. The molecule has 2 bridgehead atoms. The number of rotatable bonds is 5. The van der Waals surface area contributed by atoms with Gasteiger partial charge in [-0.15, -0.1) is 0 Å². The summed E-state index contributed by atoms with van der Waals surface area (Å²) in [6.45, 7) is 1.07. The fourth-order valence-corrected chi connectivity index (χ4v) is 3.64. The third-order valence-electron chi connectivity index (χ3n) is 4.77. The van der Waals surface area contributed by atoms with Gasteiger partial charge in [0.1, 0.15) is 13.2 Å². The van der Waals surface area contributed by atoms with E-state index >= 15 is 0 Å². The van der Waals surface area contributed by atoms with Gasteiger partial charge in [0.15, 0.2) is 0 Å². The van der Waals surface area contributed by atoms with Crippen LogP contribution in [0.15, 0.2) is 0 Å². The molecule has 0 aromatic carbocycles. The number of hydrogen-bond donors (Lipinski definition) is 0. The Labute approximate surface area is 120 Å². The smallest absolute Gasteiger partial charge is 0.310 e. The molecule has 0 aromatic rings. The fourth-order valence-electron chi connectivity index (χ4n) is 3.64. The van der Waals surface area contributed by atoms with Crippen LogP contribution in [0.1, 0.15) is 25.7 Å². The van der Waals surface area contributed by atoms with Crippen LogP contribution in [0.25, 0.3) is 0 Å². The first kappa shape index (κ1) is 15.3. The lowest BCUT2D eigenvalue weighted by Gasteiger charge is -2.47. The number of quaternary nitrogens is 1. The Bertz CT molecular complexity index is 380. The lowest BCUT2D eigenvalue weighted by atomic mass is 9.58. The van der Waals surface area contributed by atoms with Gasteiger partial charge in [0.2, 0.25) is 0 Å². The molecule has 0 aliphatic heterocycles. The van der Waals surface area contributed by atoms with Crippen molar-refractivity contribution in [1.29, 1.82) is 0 Å². The van der Waals surface area contributed by atoms with Crippen molar-refractivity contribution >= 4 is 11.9 Å². The van der Waals surface area contributed by atoms with Crippen molar-refractivity contribution in [2.24, 2.45) is 23.7 Å². The summed E-state index contributed by atoms with van der Waals surface area (Å²) in [5.74, 6) is -2.27. The molecule has 114 valence electrons. The Morgan fingerprint density at radius 2 is 1.55 bits per heavy atom. The number of fused-ring (bicyclic) bond motifs is 3. The first-order valence-electron chi connectivity index (χ1n) is 7.47. The molecule has 2 atom stereocenters. The number of carboxylic acid groups (broad SMARTS) is 1. The summed E-state index contributed by atoms with van der Waals surface area (Å²) >= 11 is 0. The topological polar surface area (TPSA) is 66.4 Å². The van der Waals surface area contributed by atoms with Gasteiger partial charge in [0, 0.05) is 11.9 Å². The molecule has 3 aliphatic carbocycles. The zero-order chi connectivity index (χ0) is 14.9. The second-order valence-corrected chi connectivity index (χ2v) is 7.23. The Morgan fingerprint density at radius 3 is 2.00 bits per heavy atom. The van der Waals surface area contributed by atoms with Gasteiger partial charge < -0.3 is 19.1 Å². The van der Waals surface area contributed by atoms with E-state index < -0.39 is 17.8 Å². The van der Waals surface area contributed by atoms with Crippen LogP contribution in [-0.4, -0.2) is 50.7 Å². The molecule has 5 heteroatoms. The number of carbonyl (C=O) groups is 2. The molecule has 2 unspecified atom stereocenters. The SMILES string of the molecule is C[N+](C)(C)CCOC(=O)C1C2CCC(CC2)C1C(=O)[O-]. The van der Waals surface area contributed by atoms with Gasteiger partial charge in [-0.3, -0.25) is 4.79 Å². The Balaban J connectivity index is 1.98. The normalized spacial score (nSPS) is 33.0. The predicted octanol–water partition coefficient (Wildman–Crippen LogP) is 0.0381. The molecule has 20 heavy (non-hydrogen) atoms. The lowest BCUT2D eigenvalue weighted by Crippen LogP contribution is -2.52. The molecular formula is C15H25NO4. The van der Waals surface area contributed by atoms with Crippen LogP contribution in [0.2, 0.25) is 0 Å². The minimum absolute atomic E-state index is 0.0981. The molecule has 0 N–H and O–H groups in total. The quantitative estimate of drug-likeness (QED) is 0.528. The average Bonchev–Trinajstić information content (AvgIpc) is 2.37. The molecule has 0 spiro atoms. The number of aliphatic carboxylic acids is 1. The Kier molecular flexibility index (Phi) is 4.37. The van der Waals surface area contributed by atoms with Crippen LogP contribution in [0.4, 0.5) is 0 Å². The van der Waals surface area contributed by atoms with Gasteiger partial charge in [-0.05, 0) is 37.5 Å². The molecular weight excluding hydrogens is 258 g/mol. The van der Waals surface area contributed by atoms with E-state index in [1.54, 1.807) is 0 Å². The molecule has 0 radical (unpaired) electrons. The molecule has 5 nitrogen and oxygen atoms in total. The van der Waals surface area contributed by atoms with Crippen molar-refractivity contribution in [3.63, 3.8) is 0 Å². The minimum atomic E-state index is -1.08. The highest BCUT2D eigenvalue weighted by Crippen LogP contribution is 2.49. The first-order valence-corrected chi connectivity index (χ1v) is 7.47. The van der Waals surface area contributed by atoms with Crippen molar-refractivity contribution in [2.45, 2.75) is 25.7 Å². The first-order chi connectivity index (χ1) is 9.29. The largest absolute Gasteiger partial charge is 0.550 e. The summed E-state index contributed by atoms with van der Waals surface area (Å²) in [5.41, 5.74) is 0. The van der Waals surface area contributed by atoms with Crippen LogP contribution >= 0.6 is 0 Å². The van der Waals surface area contributed by atoms with E-state index in [4.69, 9.17) is 4.74 Å². The van der Waals surface area contributed by atoms with E-state index in [0.717, 1.165) is 32.2 Å². The number of carboxylic acids is 1. The Hall–Kier alpha value is -1.10. The van der Waals surface area contributed by atoms with Crippen LogP contribution in [-0.2, 0) is 14.3 Å². The van der Waals surface area contributed by atoms with Crippen molar-refractivity contribution in [1.82, 2.24) is 0 Å². The highest BCUT2D eigenvalue weighted by atomic mass is 16.5. The summed E-state index contributed by atoms with van der Waals surface area (Å²) in [7, 11) is 6.08. The number of carbonyl (C=O) groups excluding carboxylic acids is 2. The van der Waals surface area contributed by atoms with Crippen molar-refractivity contribution in [2.75, 3.05) is 34.3 Å².